The Morgan fingerprint density at radius 2 is 2.22 bits per heavy atom. The molecule has 1 atom stereocenters. The van der Waals surface area contributed by atoms with Gasteiger partial charge in [0.15, 0.2) is 0 Å². The third kappa shape index (κ3) is 3.27. The fraction of sp³-hybridized carbons (Fsp3) is 0.176. The van der Waals surface area contributed by atoms with Crippen molar-refractivity contribution in [2.24, 2.45) is 7.05 Å². The van der Waals surface area contributed by atoms with Gasteiger partial charge in [-0.05, 0) is 46.7 Å². The SMILES string of the molecule is Cn1cccc(C(=O)NCC(c2ccsc2)c2ccco2)c1=O. The van der Waals surface area contributed by atoms with E-state index in [9.17, 15) is 9.59 Å². The van der Waals surface area contributed by atoms with Gasteiger partial charge in [0, 0.05) is 19.8 Å². The molecule has 3 aromatic heterocycles. The normalized spacial score (nSPS) is 12.0. The summed E-state index contributed by atoms with van der Waals surface area (Å²) in [7, 11) is 1.62. The van der Waals surface area contributed by atoms with Crippen molar-refractivity contribution >= 4 is 17.2 Å². The summed E-state index contributed by atoms with van der Waals surface area (Å²) in [6, 6.07) is 8.93. The zero-order chi connectivity index (χ0) is 16.2. The molecular weight excluding hydrogens is 312 g/mol. The summed E-state index contributed by atoms with van der Waals surface area (Å²) < 4.78 is 6.87. The van der Waals surface area contributed by atoms with E-state index in [1.807, 2.05) is 29.0 Å². The Morgan fingerprint density at radius 1 is 1.35 bits per heavy atom. The van der Waals surface area contributed by atoms with Crippen LogP contribution in [0.15, 0.2) is 62.8 Å². The van der Waals surface area contributed by atoms with E-state index in [0.717, 1.165) is 11.3 Å². The predicted octanol–water partition coefficient (Wildman–Crippen LogP) is 2.60. The lowest BCUT2D eigenvalue weighted by molar-refractivity contribution is 0.0950. The molecular formula is C17H16N2O3S. The molecule has 0 bridgehead atoms. The maximum Gasteiger partial charge on any atom is 0.263 e. The van der Waals surface area contributed by atoms with E-state index in [4.69, 9.17) is 4.42 Å². The number of pyridine rings is 1. The van der Waals surface area contributed by atoms with Crippen LogP contribution in [0.5, 0.6) is 0 Å². The van der Waals surface area contributed by atoms with Gasteiger partial charge in [0.05, 0.1) is 12.2 Å². The zero-order valence-corrected chi connectivity index (χ0v) is 13.4. The third-order valence-electron chi connectivity index (χ3n) is 3.67. The molecule has 1 amide bonds. The van der Waals surface area contributed by atoms with Crippen LogP contribution >= 0.6 is 11.3 Å². The average Bonchev–Trinajstić information content (AvgIpc) is 3.24. The van der Waals surface area contributed by atoms with Gasteiger partial charge in [-0.1, -0.05) is 0 Å². The Hall–Kier alpha value is -2.60. The molecule has 1 N–H and O–H groups in total. The highest BCUT2D eigenvalue weighted by Crippen LogP contribution is 2.26. The maximum atomic E-state index is 12.3. The van der Waals surface area contributed by atoms with Crippen molar-refractivity contribution in [2.45, 2.75) is 5.92 Å². The fourth-order valence-electron chi connectivity index (χ4n) is 2.41. The second kappa shape index (κ2) is 6.66. The Balaban J connectivity index is 1.78. The monoisotopic (exact) mass is 328 g/mol. The van der Waals surface area contributed by atoms with Crippen LogP contribution in [0.1, 0.15) is 27.6 Å². The molecule has 0 saturated heterocycles. The van der Waals surface area contributed by atoms with E-state index < -0.39 is 0 Å². The van der Waals surface area contributed by atoms with Crippen LogP contribution in [0, 0.1) is 0 Å². The lowest BCUT2D eigenvalue weighted by atomic mass is 9.99. The number of hydrogen-bond acceptors (Lipinski definition) is 4. The van der Waals surface area contributed by atoms with E-state index in [0.29, 0.717) is 6.54 Å². The van der Waals surface area contributed by atoms with Crippen LogP contribution in [0.2, 0.25) is 0 Å². The minimum absolute atomic E-state index is 0.0761. The lowest BCUT2D eigenvalue weighted by Gasteiger charge is -2.14. The van der Waals surface area contributed by atoms with Crippen molar-refractivity contribution in [1.82, 2.24) is 9.88 Å². The van der Waals surface area contributed by atoms with Gasteiger partial charge >= 0.3 is 0 Å². The number of amides is 1. The number of thiophene rings is 1. The molecule has 0 spiro atoms. The van der Waals surface area contributed by atoms with Crippen LogP contribution in [0.25, 0.3) is 0 Å². The summed E-state index contributed by atoms with van der Waals surface area (Å²) in [5.74, 6) is 0.329. The number of hydrogen-bond donors (Lipinski definition) is 1. The lowest BCUT2D eigenvalue weighted by Crippen LogP contribution is -2.34. The Kier molecular flexibility index (Phi) is 4.43. The van der Waals surface area contributed by atoms with Crippen molar-refractivity contribution in [2.75, 3.05) is 6.54 Å². The Morgan fingerprint density at radius 3 is 2.91 bits per heavy atom. The van der Waals surface area contributed by atoms with Crippen LogP contribution in [-0.4, -0.2) is 17.0 Å². The largest absolute Gasteiger partial charge is 0.469 e. The molecule has 0 radical (unpaired) electrons. The summed E-state index contributed by atoms with van der Waals surface area (Å²) in [5.41, 5.74) is 0.903. The first-order valence-electron chi connectivity index (χ1n) is 7.16. The predicted molar refractivity (Wildman–Crippen MR) is 88.9 cm³/mol. The molecule has 0 aliphatic carbocycles. The first-order chi connectivity index (χ1) is 11.2. The van der Waals surface area contributed by atoms with E-state index in [1.165, 1.54) is 10.6 Å². The molecule has 3 rings (SSSR count). The highest BCUT2D eigenvalue weighted by atomic mass is 32.1. The summed E-state index contributed by atoms with van der Waals surface area (Å²) in [6.07, 6.45) is 3.24. The number of nitrogens with one attached hydrogen (secondary N) is 1. The van der Waals surface area contributed by atoms with Crippen LogP contribution in [0.4, 0.5) is 0 Å². The quantitative estimate of drug-likeness (QED) is 0.783. The minimum atomic E-state index is -0.377. The number of carbonyl (C=O) groups excluding carboxylic acids is 1. The molecule has 6 heteroatoms. The smallest absolute Gasteiger partial charge is 0.263 e. The summed E-state index contributed by atoms with van der Waals surface area (Å²) in [5, 5.41) is 6.85. The van der Waals surface area contributed by atoms with E-state index in [1.54, 1.807) is 36.9 Å². The van der Waals surface area contributed by atoms with Crippen molar-refractivity contribution in [3.63, 3.8) is 0 Å². The first-order valence-corrected chi connectivity index (χ1v) is 8.10. The number of aryl methyl sites for hydroxylation is 1. The van der Waals surface area contributed by atoms with Crippen molar-refractivity contribution in [3.8, 4) is 0 Å². The summed E-state index contributed by atoms with van der Waals surface area (Å²) >= 11 is 1.59. The number of rotatable bonds is 5. The minimum Gasteiger partial charge on any atom is -0.469 e. The molecule has 23 heavy (non-hydrogen) atoms. The molecule has 0 fully saturated rings. The van der Waals surface area contributed by atoms with Gasteiger partial charge in [0.25, 0.3) is 11.5 Å². The average molecular weight is 328 g/mol. The Labute approximate surface area is 137 Å². The van der Waals surface area contributed by atoms with Crippen molar-refractivity contribution < 1.29 is 9.21 Å². The second-order valence-electron chi connectivity index (χ2n) is 5.17. The third-order valence-corrected chi connectivity index (χ3v) is 4.37. The van der Waals surface area contributed by atoms with Crippen LogP contribution in [-0.2, 0) is 7.05 Å². The number of carbonyl (C=O) groups is 1. The maximum absolute atomic E-state index is 12.3. The molecule has 118 valence electrons. The standard InChI is InChI=1S/C17H16N2O3S/c1-19-7-2-4-13(17(19)21)16(20)18-10-14(12-6-9-23-11-12)15-5-3-8-22-15/h2-9,11,14H,10H2,1H3,(H,18,20). The summed E-state index contributed by atoms with van der Waals surface area (Å²) in [4.78, 5) is 24.3. The van der Waals surface area contributed by atoms with Gasteiger partial charge in [0.2, 0.25) is 0 Å². The second-order valence-corrected chi connectivity index (χ2v) is 5.95. The van der Waals surface area contributed by atoms with Gasteiger partial charge in [-0.25, -0.2) is 0 Å². The molecule has 0 aliphatic rings. The number of nitrogens with zero attached hydrogens (tertiary/aromatic N) is 1. The highest BCUT2D eigenvalue weighted by Gasteiger charge is 2.19. The topological polar surface area (TPSA) is 64.2 Å². The molecule has 3 aromatic rings. The number of furan rings is 1. The first kappa shape index (κ1) is 15.3. The van der Waals surface area contributed by atoms with Crippen molar-refractivity contribution in [1.29, 1.82) is 0 Å². The molecule has 0 aromatic carbocycles. The van der Waals surface area contributed by atoms with Crippen LogP contribution < -0.4 is 10.9 Å². The fourth-order valence-corrected chi connectivity index (χ4v) is 3.12. The van der Waals surface area contributed by atoms with Gasteiger partial charge in [-0.2, -0.15) is 11.3 Å². The molecule has 1 unspecified atom stereocenters. The number of aromatic nitrogens is 1. The summed E-state index contributed by atoms with van der Waals surface area (Å²) in [6.45, 7) is 0.362. The zero-order valence-electron chi connectivity index (χ0n) is 12.6. The van der Waals surface area contributed by atoms with E-state index >= 15 is 0 Å². The van der Waals surface area contributed by atoms with Gasteiger partial charge in [-0.15, -0.1) is 0 Å². The molecule has 0 saturated carbocycles. The highest BCUT2D eigenvalue weighted by molar-refractivity contribution is 7.08. The van der Waals surface area contributed by atoms with Gasteiger partial charge < -0.3 is 14.3 Å². The van der Waals surface area contributed by atoms with Gasteiger partial charge in [-0.3, -0.25) is 9.59 Å². The molecule has 0 aliphatic heterocycles. The van der Waals surface area contributed by atoms with Crippen molar-refractivity contribution in [3.05, 3.63) is 80.8 Å². The van der Waals surface area contributed by atoms with E-state index in [2.05, 4.69) is 5.32 Å². The Bertz CT molecular complexity index is 801. The molecule has 3 heterocycles. The van der Waals surface area contributed by atoms with Crippen LogP contribution in [0.3, 0.4) is 0 Å². The van der Waals surface area contributed by atoms with Gasteiger partial charge in [0.1, 0.15) is 11.3 Å². The molecule has 5 nitrogen and oxygen atoms in total. The van der Waals surface area contributed by atoms with E-state index in [-0.39, 0.29) is 22.9 Å².